The molecule has 0 unspecified atom stereocenters. The Morgan fingerprint density at radius 2 is 1.73 bits per heavy atom. The van der Waals surface area contributed by atoms with E-state index < -0.39 is 33.6 Å². The average Bonchev–Trinajstić information content (AvgIpc) is 2.95. The van der Waals surface area contributed by atoms with Gasteiger partial charge < -0.3 is 20.9 Å². The number of piperidine rings is 1. The fourth-order valence-electron chi connectivity index (χ4n) is 4.59. The van der Waals surface area contributed by atoms with Gasteiger partial charge in [0.1, 0.15) is 11.9 Å². The van der Waals surface area contributed by atoms with Crippen LogP contribution in [-0.2, 0) is 24.2 Å². The van der Waals surface area contributed by atoms with Gasteiger partial charge in [0.2, 0.25) is 17.7 Å². The Balaban J connectivity index is 1.38. The Morgan fingerprint density at radius 1 is 1.00 bits per heavy atom. The first-order valence-corrected chi connectivity index (χ1v) is 15.6. The van der Waals surface area contributed by atoms with Gasteiger partial charge in [-0.15, -0.1) is 0 Å². The number of hydrogen-bond donors (Lipinski definition) is 3. The summed E-state index contributed by atoms with van der Waals surface area (Å²) in [6, 6.07) is 8.40. The van der Waals surface area contributed by atoms with Crippen molar-refractivity contribution in [3.63, 3.8) is 0 Å². The number of benzene rings is 1. The molecule has 1 aromatic carbocycles. The standard InChI is InChI=1S/C27H33ClN6O6S/c28-20-6-9-23(30-18-20)32-24(35)17-22(27(38)29-10-12-33-13-15-41(39,40)16-14-33)31-26(37)19-4-7-21(8-5-19)34-11-2-1-3-25(34)36/h4-9,18,22H,1-3,10-17H2,(H,29,38)(H,31,37)(H,30,32,35)/t22-/m0/s1. The number of aromatic nitrogens is 1. The smallest absolute Gasteiger partial charge is 0.251 e. The quantitative estimate of drug-likeness (QED) is 0.365. The number of pyridine rings is 1. The molecule has 2 aliphatic rings. The predicted octanol–water partition coefficient (Wildman–Crippen LogP) is 1.23. The highest BCUT2D eigenvalue weighted by atomic mass is 35.5. The molecule has 0 bridgehead atoms. The number of carbonyl (C=O) groups excluding carboxylic acids is 4. The number of rotatable bonds is 10. The number of halogens is 1. The second-order valence-electron chi connectivity index (χ2n) is 9.97. The molecule has 3 heterocycles. The largest absolute Gasteiger partial charge is 0.353 e. The number of hydrogen-bond acceptors (Lipinski definition) is 8. The Hall–Kier alpha value is -3.55. The van der Waals surface area contributed by atoms with Crippen LogP contribution in [0.4, 0.5) is 11.5 Å². The highest BCUT2D eigenvalue weighted by Crippen LogP contribution is 2.21. The van der Waals surface area contributed by atoms with Crippen LogP contribution in [0.1, 0.15) is 36.0 Å². The SMILES string of the molecule is O=C(C[C@H](NC(=O)c1ccc(N2CCCCC2=O)cc1)C(=O)NCCN1CCS(=O)(=O)CC1)Nc1ccc(Cl)cn1. The zero-order valence-electron chi connectivity index (χ0n) is 22.5. The second kappa shape index (κ2) is 13.9. The molecule has 2 aromatic rings. The first-order chi connectivity index (χ1) is 19.6. The van der Waals surface area contributed by atoms with Crippen LogP contribution in [0.3, 0.4) is 0 Å². The lowest BCUT2D eigenvalue weighted by atomic mass is 10.1. The van der Waals surface area contributed by atoms with Gasteiger partial charge in [0.15, 0.2) is 9.84 Å². The highest BCUT2D eigenvalue weighted by molar-refractivity contribution is 7.91. The Morgan fingerprint density at radius 3 is 2.39 bits per heavy atom. The van der Waals surface area contributed by atoms with Crippen LogP contribution in [0.2, 0.25) is 5.02 Å². The third-order valence-corrected chi connectivity index (χ3v) is 8.77. The van der Waals surface area contributed by atoms with E-state index in [4.69, 9.17) is 11.6 Å². The fraction of sp³-hybridized carbons (Fsp3) is 0.444. The molecule has 2 fully saturated rings. The van der Waals surface area contributed by atoms with Gasteiger partial charge >= 0.3 is 0 Å². The van der Waals surface area contributed by atoms with Gasteiger partial charge in [0, 0.05) is 56.6 Å². The Kier molecular flexibility index (Phi) is 10.3. The minimum Gasteiger partial charge on any atom is -0.353 e. The van der Waals surface area contributed by atoms with E-state index in [-0.39, 0.29) is 41.8 Å². The second-order valence-corrected chi connectivity index (χ2v) is 12.7. The van der Waals surface area contributed by atoms with Crippen LogP contribution in [0, 0.1) is 0 Å². The van der Waals surface area contributed by atoms with Crippen molar-refractivity contribution in [3.8, 4) is 0 Å². The monoisotopic (exact) mass is 604 g/mol. The van der Waals surface area contributed by atoms with Gasteiger partial charge in [-0.05, 0) is 49.2 Å². The van der Waals surface area contributed by atoms with Crippen molar-refractivity contribution in [2.24, 2.45) is 0 Å². The molecule has 41 heavy (non-hydrogen) atoms. The first kappa shape index (κ1) is 30.4. The third-order valence-electron chi connectivity index (χ3n) is 6.94. The molecule has 1 aromatic heterocycles. The topological polar surface area (TPSA) is 158 Å². The maximum absolute atomic E-state index is 13.1. The number of amides is 4. The van der Waals surface area contributed by atoms with Crippen LogP contribution >= 0.6 is 11.6 Å². The van der Waals surface area contributed by atoms with Crippen molar-refractivity contribution < 1.29 is 27.6 Å². The van der Waals surface area contributed by atoms with Crippen LogP contribution in [0.15, 0.2) is 42.6 Å². The maximum atomic E-state index is 13.1. The van der Waals surface area contributed by atoms with E-state index in [0.717, 1.165) is 12.8 Å². The normalized spacial score (nSPS) is 17.9. The van der Waals surface area contributed by atoms with Crippen LogP contribution < -0.4 is 20.9 Å². The lowest BCUT2D eigenvalue weighted by Gasteiger charge is -2.27. The summed E-state index contributed by atoms with van der Waals surface area (Å²) < 4.78 is 23.3. The van der Waals surface area contributed by atoms with Crippen LogP contribution in [0.5, 0.6) is 0 Å². The van der Waals surface area contributed by atoms with Crippen molar-refractivity contribution in [1.82, 2.24) is 20.5 Å². The van der Waals surface area contributed by atoms with E-state index in [2.05, 4.69) is 20.9 Å². The molecule has 4 amide bonds. The molecular formula is C27H33ClN6O6S. The minimum absolute atomic E-state index is 0.0394. The summed E-state index contributed by atoms with van der Waals surface area (Å²) >= 11 is 5.84. The predicted molar refractivity (Wildman–Crippen MR) is 154 cm³/mol. The van der Waals surface area contributed by atoms with Crippen molar-refractivity contribution in [2.75, 3.05) is 54.4 Å². The molecule has 3 N–H and O–H groups in total. The summed E-state index contributed by atoms with van der Waals surface area (Å²) in [5.41, 5.74) is 0.964. The highest BCUT2D eigenvalue weighted by Gasteiger charge is 2.26. The lowest BCUT2D eigenvalue weighted by molar-refractivity contribution is -0.126. The number of sulfone groups is 1. The third kappa shape index (κ3) is 8.97. The minimum atomic E-state index is -3.02. The van der Waals surface area contributed by atoms with Gasteiger partial charge in [-0.3, -0.25) is 24.1 Å². The summed E-state index contributed by atoms with van der Waals surface area (Å²) in [5.74, 6) is -1.23. The van der Waals surface area contributed by atoms with Crippen LogP contribution in [0.25, 0.3) is 0 Å². The van der Waals surface area contributed by atoms with Gasteiger partial charge in [0.25, 0.3) is 5.91 Å². The van der Waals surface area contributed by atoms with E-state index in [1.165, 1.54) is 12.3 Å². The average molecular weight is 605 g/mol. The summed E-state index contributed by atoms with van der Waals surface area (Å²) in [6.45, 7) is 2.03. The summed E-state index contributed by atoms with van der Waals surface area (Å²) in [7, 11) is -3.02. The van der Waals surface area contributed by atoms with Gasteiger partial charge in [0.05, 0.1) is 22.9 Å². The number of nitrogens with zero attached hydrogens (tertiary/aromatic N) is 3. The lowest BCUT2D eigenvalue weighted by Crippen LogP contribution is -2.50. The summed E-state index contributed by atoms with van der Waals surface area (Å²) in [6.07, 6.45) is 3.28. The van der Waals surface area contributed by atoms with Crippen molar-refractivity contribution >= 4 is 56.6 Å². The van der Waals surface area contributed by atoms with Crippen LogP contribution in [-0.4, -0.2) is 92.2 Å². The van der Waals surface area contributed by atoms with E-state index in [0.29, 0.717) is 43.3 Å². The van der Waals surface area contributed by atoms with Gasteiger partial charge in [-0.1, -0.05) is 11.6 Å². The molecule has 0 spiro atoms. The Bertz CT molecular complexity index is 1360. The molecular weight excluding hydrogens is 572 g/mol. The molecule has 12 nitrogen and oxygen atoms in total. The van der Waals surface area contributed by atoms with Crippen molar-refractivity contribution in [1.29, 1.82) is 0 Å². The zero-order chi connectivity index (χ0) is 29.4. The number of nitrogens with one attached hydrogen (secondary N) is 3. The summed E-state index contributed by atoms with van der Waals surface area (Å²) in [5, 5.41) is 8.36. The molecule has 220 valence electrons. The molecule has 2 saturated heterocycles. The van der Waals surface area contributed by atoms with E-state index in [9.17, 15) is 27.6 Å². The maximum Gasteiger partial charge on any atom is 0.251 e. The Labute approximate surface area is 243 Å². The molecule has 14 heteroatoms. The van der Waals surface area contributed by atoms with Crippen molar-refractivity contribution in [2.45, 2.75) is 31.7 Å². The molecule has 2 aliphatic heterocycles. The van der Waals surface area contributed by atoms with E-state index in [1.54, 1.807) is 35.2 Å². The molecule has 0 saturated carbocycles. The molecule has 0 aliphatic carbocycles. The number of anilines is 2. The molecule has 0 radical (unpaired) electrons. The van der Waals surface area contributed by atoms with Crippen molar-refractivity contribution in [3.05, 3.63) is 53.2 Å². The van der Waals surface area contributed by atoms with E-state index >= 15 is 0 Å². The summed E-state index contributed by atoms with van der Waals surface area (Å²) in [4.78, 5) is 58.8. The number of carbonyl (C=O) groups is 4. The van der Waals surface area contributed by atoms with Gasteiger partial charge in [-0.25, -0.2) is 13.4 Å². The zero-order valence-corrected chi connectivity index (χ0v) is 24.0. The molecule has 4 rings (SSSR count). The fourth-order valence-corrected chi connectivity index (χ4v) is 5.97. The molecule has 1 atom stereocenters. The van der Waals surface area contributed by atoms with Gasteiger partial charge in [-0.2, -0.15) is 0 Å². The van der Waals surface area contributed by atoms with E-state index in [1.807, 2.05) is 4.90 Å². The first-order valence-electron chi connectivity index (χ1n) is 13.4.